The van der Waals surface area contributed by atoms with Crippen LogP contribution in [0.25, 0.3) is 0 Å². The van der Waals surface area contributed by atoms with Crippen LogP contribution in [0.15, 0.2) is 22.8 Å². The maximum atomic E-state index is 13.2. The van der Waals surface area contributed by atoms with Crippen molar-refractivity contribution >= 4 is 40.7 Å². The molecule has 0 amide bonds. The summed E-state index contributed by atoms with van der Waals surface area (Å²) >= 11 is 3.17. The van der Waals surface area contributed by atoms with Crippen molar-refractivity contribution in [2.75, 3.05) is 26.2 Å². The van der Waals surface area contributed by atoms with Gasteiger partial charge in [-0.2, -0.15) is 13.2 Å². The van der Waals surface area contributed by atoms with Crippen molar-refractivity contribution in [1.29, 1.82) is 0 Å². The van der Waals surface area contributed by atoms with Gasteiger partial charge in [0.15, 0.2) is 0 Å². The predicted octanol–water partition coefficient (Wildman–Crippen LogP) is 3.20. The summed E-state index contributed by atoms with van der Waals surface area (Å²) in [5, 5.41) is 3.04. The van der Waals surface area contributed by atoms with Crippen molar-refractivity contribution in [2.24, 2.45) is 0 Å². The quantitative estimate of drug-likeness (QED) is 0.831. The first-order valence-corrected chi connectivity index (χ1v) is 6.41. The molecule has 1 atom stereocenters. The lowest BCUT2D eigenvalue weighted by atomic mass is 10.1. The van der Waals surface area contributed by atoms with Gasteiger partial charge in [0, 0.05) is 36.8 Å². The minimum atomic E-state index is -4.31. The van der Waals surface area contributed by atoms with Crippen LogP contribution in [-0.4, -0.2) is 42.2 Å². The molecule has 0 unspecified atom stereocenters. The van der Waals surface area contributed by atoms with Crippen LogP contribution in [0, 0.1) is 0 Å². The van der Waals surface area contributed by atoms with Crippen LogP contribution in [0.3, 0.4) is 0 Å². The van der Waals surface area contributed by atoms with E-state index in [4.69, 9.17) is 0 Å². The molecule has 0 aliphatic carbocycles. The molecule has 1 aromatic heterocycles. The SMILES string of the molecule is Cl.Cl.FC(F)(F)[C@H](c1ccc(Br)cn1)N1CCNCC1. The second-order valence-electron chi connectivity index (χ2n) is 4.13. The summed E-state index contributed by atoms with van der Waals surface area (Å²) in [5.41, 5.74) is 0.0487. The van der Waals surface area contributed by atoms with E-state index in [9.17, 15) is 13.2 Å². The summed E-state index contributed by atoms with van der Waals surface area (Å²) in [6.45, 7) is 1.90. The molecule has 1 aliphatic rings. The molecular weight excluding hydrogens is 382 g/mol. The number of hydrogen-bond acceptors (Lipinski definition) is 3. The normalized spacial score (nSPS) is 17.8. The summed E-state index contributed by atoms with van der Waals surface area (Å²) in [6, 6.07) is 1.39. The minimum Gasteiger partial charge on any atom is -0.314 e. The second-order valence-corrected chi connectivity index (χ2v) is 5.05. The molecule has 3 nitrogen and oxygen atoms in total. The third-order valence-electron chi connectivity index (χ3n) is 2.86. The molecule has 0 bridgehead atoms. The van der Waals surface area contributed by atoms with E-state index in [1.807, 2.05) is 0 Å². The Morgan fingerprint density at radius 3 is 2.25 bits per heavy atom. The van der Waals surface area contributed by atoms with E-state index in [1.54, 1.807) is 6.07 Å². The summed E-state index contributed by atoms with van der Waals surface area (Å²) in [6.07, 6.45) is -2.91. The summed E-state index contributed by atoms with van der Waals surface area (Å²) in [4.78, 5) is 5.31. The zero-order chi connectivity index (χ0) is 13.2. The van der Waals surface area contributed by atoms with Crippen molar-refractivity contribution < 1.29 is 13.2 Å². The average molecular weight is 397 g/mol. The molecule has 0 aromatic carbocycles. The van der Waals surface area contributed by atoms with E-state index in [0.717, 1.165) is 0 Å². The number of pyridine rings is 1. The van der Waals surface area contributed by atoms with Crippen molar-refractivity contribution in [3.05, 3.63) is 28.5 Å². The van der Waals surface area contributed by atoms with Gasteiger partial charge in [-0.15, -0.1) is 24.8 Å². The standard InChI is InChI=1S/C11H13BrF3N3.2ClH/c12-8-1-2-9(17-7-8)10(11(13,14)15)18-5-3-16-4-6-18;;/h1-2,7,10,16H,3-6H2;2*1H/t10-;;/m0../s1. The Kier molecular flexibility index (Phi) is 8.35. The Morgan fingerprint density at radius 1 is 1.20 bits per heavy atom. The molecule has 2 heterocycles. The molecule has 20 heavy (non-hydrogen) atoms. The molecule has 1 saturated heterocycles. The fourth-order valence-electron chi connectivity index (χ4n) is 2.05. The number of nitrogens with one attached hydrogen (secondary N) is 1. The highest BCUT2D eigenvalue weighted by Gasteiger charge is 2.45. The van der Waals surface area contributed by atoms with Gasteiger partial charge in [0.2, 0.25) is 0 Å². The first-order chi connectivity index (χ1) is 8.48. The molecule has 1 fully saturated rings. The second kappa shape index (κ2) is 8.38. The van der Waals surface area contributed by atoms with Gasteiger partial charge in [-0.3, -0.25) is 9.88 Å². The number of halogens is 6. The van der Waals surface area contributed by atoms with Gasteiger partial charge in [-0.25, -0.2) is 0 Å². The number of aromatic nitrogens is 1. The number of hydrogen-bond donors (Lipinski definition) is 1. The van der Waals surface area contributed by atoms with Gasteiger partial charge in [-0.1, -0.05) is 0 Å². The fourth-order valence-corrected chi connectivity index (χ4v) is 2.29. The molecule has 0 radical (unpaired) electrons. The van der Waals surface area contributed by atoms with Gasteiger partial charge >= 0.3 is 6.18 Å². The number of rotatable bonds is 2. The largest absolute Gasteiger partial charge is 0.409 e. The third-order valence-corrected chi connectivity index (χ3v) is 3.33. The number of piperazine rings is 1. The first kappa shape index (κ1) is 19.9. The van der Waals surface area contributed by atoms with Crippen LogP contribution >= 0.6 is 40.7 Å². The van der Waals surface area contributed by atoms with E-state index in [0.29, 0.717) is 30.7 Å². The van der Waals surface area contributed by atoms with Gasteiger partial charge < -0.3 is 5.32 Å². The summed E-state index contributed by atoms with van der Waals surface area (Å²) < 4.78 is 40.2. The molecule has 1 aromatic rings. The van der Waals surface area contributed by atoms with Crippen molar-refractivity contribution in [2.45, 2.75) is 12.2 Å². The zero-order valence-corrected chi connectivity index (χ0v) is 13.6. The highest BCUT2D eigenvalue weighted by atomic mass is 79.9. The average Bonchev–Trinajstić information content (AvgIpc) is 2.32. The fraction of sp³-hybridized carbons (Fsp3) is 0.545. The molecule has 2 rings (SSSR count). The van der Waals surface area contributed by atoms with Crippen LogP contribution in [0.2, 0.25) is 0 Å². The van der Waals surface area contributed by atoms with Crippen LogP contribution in [0.5, 0.6) is 0 Å². The van der Waals surface area contributed by atoms with Crippen LogP contribution in [0.1, 0.15) is 11.7 Å². The molecular formula is C11H15BrCl2F3N3. The van der Waals surface area contributed by atoms with Crippen molar-refractivity contribution in [3.8, 4) is 0 Å². The maximum Gasteiger partial charge on any atom is 0.409 e. The number of nitrogens with zero attached hydrogens (tertiary/aromatic N) is 2. The van der Waals surface area contributed by atoms with Crippen LogP contribution < -0.4 is 5.32 Å². The van der Waals surface area contributed by atoms with Gasteiger partial charge in [0.25, 0.3) is 0 Å². The topological polar surface area (TPSA) is 28.2 Å². The van der Waals surface area contributed by atoms with Gasteiger partial charge in [-0.05, 0) is 28.1 Å². The van der Waals surface area contributed by atoms with E-state index in [-0.39, 0.29) is 30.5 Å². The zero-order valence-electron chi connectivity index (χ0n) is 10.4. The first-order valence-electron chi connectivity index (χ1n) is 5.61. The Balaban J connectivity index is 0.00000180. The molecule has 1 N–H and O–H groups in total. The van der Waals surface area contributed by atoms with E-state index in [2.05, 4.69) is 26.2 Å². The monoisotopic (exact) mass is 395 g/mol. The lowest BCUT2D eigenvalue weighted by Crippen LogP contribution is -2.49. The smallest absolute Gasteiger partial charge is 0.314 e. The Morgan fingerprint density at radius 2 is 1.80 bits per heavy atom. The summed E-state index contributed by atoms with van der Waals surface area (Å²) in [7, 11) is 0. The van der Waals surface area contributed by atoms with E-state index < -0.39 is 12.2 Å². The summed E-state index contributed by atoms with van der Waals surface area (Å²) in [5.74, 6) is 0. The van der Waals surface area contributed by atoms with Crippen LogP contribution in [0.4, 0.5) is 13.2 Å². The molecule has 1 aliphatic heterocycles. The number of alkyl halides is 3. The van der Waals surface area contributed by atoms with Crippen LogP contribution in [-0.2, 0) is 0 Å². The van der Waals surface area contributed by atoms with Gasteiger partial charge in [0.05, 0.1) is 5.69 Å². The minimum absolute atomic E-state index is 0. The molecule has 116 valence electrons. The Bertz CT molecular complexity index is 397. The Labute approximate surface area is 136 Å². The lowest BCUT2D eigenvalue weighted by molar-refractivity contribution is -0.188. The molecule has 0 spiro atoms. The van der Waals surface area contributed by atoms with Crippen molar-refractivity contribution in [3.63, 3.8) is 0 Å². The van der Waals surface area contributed by atoms with E-state index in [1.165, 1.54) is 17.2 Å². The molecule has 0 saturated carbocycles. The lowest BCUT2D eigenvalue weighted by Gasteiger charge is -2.35. The molecule has 9 heteroatoms. The predicted molar refractivity (Wildman–Crippen MR) is 79.7 cm³/mol. The Hall–Kier alpha value is -0.0800. The maximum absolute atomic E-state index is 13.2. The third kappa shape index (κ3) is 5.04. The highest BCUT2D eigenvalue weighted by molar-refractivity contribution is 9.10. The van der Waals surface area contributed by atoms with Gasteiger partial charge in [0.1, 0.15) is 6.04 Å². The van der Waals surface area contributed by atoms with E-state index >= 15 is 0 Å². The van der Waals surface area contributed by atoms with Crippen molar-refractivity contribution in [1.82, 2.24) is 15.2 Å². The highest BCUT2D eigenvalue weighted by Crippen LogP contribution is 2.37.